The first-order valence-corrected chi connectivity index (χ1v) is 8.92. The summed E-state index contributed by atoms with van der Waals surface area (Å²) in [5.74, 6) is 0.486. The van der Waals surface area contributed by atoms with Gasteiger partial charge in [0.25, 0.3) is 0 Å². The predicted octanol–water partition coefficient (Wildman–Crippen LogP) is 6.58. The second kappa shape index (κ2) is 8.70. The molecule has 1 heterocycles. The highest BCUT2D eigenvalue weighted by atomic mass is 19.1. The summed E-state index contributed by atoms with van der Waals surface area (Å²) in [6, 6.07) is 12.3. The van der Waals surface area contributed by atoms with Crippen LogP contribution in [0.15, 0.2) is 54.1 Å². The normalized spacial score (nSPS) is 12.1. The van der Waals surface area contributed by atoms with E-state index < -0.39 is 6.67 Å². The molecule has 1 aromatic carbocycles. The van der Waals surface area contributed by atoms with E-state index in [0.29, 0.717) is 18.0 Å². The Kier molecular flexibility index (Phi) is 6.62. The van der Waals surface area contributed by atoms with Crippen LogP contribution < -0.4 is 0 Å². The number of pyridine rings is 1. The zero-order chi connectivity index (χ0) is 19.3. The fourth-order valence-corrected chi connectivity index (χ4v) is 3.08. The summed E-state index contributed by atoms with van der Waals surface area (Å²) in [7, 11) is 0. The van der Waals surface area contributed by atoms with Crippen LogP contribution in [-0.4, -0.2) is 17.9 Å². The molecule has 3 heteroatoms. The molecule has 0 unspecified atom stereocenters. The molecular weight excluding hydrogens is 323 g/mol. The van der Waals surface area contributed by atoms with Crippen molar-refractivity contribution < 1.29 is 4.39 Å². The van der Waals surface area contributed by atoms with Crippen LogP contribution in [-0.2, 0) is 0 Å². The first-order chi connectivity index (χ1) is 12.4. The number of allylic oxidation sites excluding steroid dienone is 3. The Hall–Kier alpha value is -2.55. The molecule has 2 nitrogen and oxygen atoms in total. The number of alkyl halides is 1. The van der Waals surface area contributed by atoms with Crippen molar-refractivity contribution in [1.82, 2.24) is 4.98 Å². The number of hydrogen-bond donors (Lipinski definition) is 1. The van der Waals surface area contributed by atoms with Gasteiger partial charge in [-0.2, -0.15) is 0 Å². The Morgan fingerprint density at radius 1 is 1.15 bits per heavy atom. The molecular formula is C23H27FN2. The van der Waals surface area contributed by atoms with E-state index in [0.717, 1.165) is 33.5 Å². The van der Waals surface area contributed by atoms with E-state index in [1.807, 2.05) is 26.0 Å². The van der Waals surface area contributed by atoms with Crippen molar-refractivity contribution >= 4 is 11.8 Å². The number of halogens is 1. The van der Waals surface area contributed by atoms with Crippen molar-refractivity contribution in [2.75, 3.05) is 6.67 Å². The lowest BCUT2D eigenvalue weighted by molar-refractivity contribution is 0.495. The number of rotatable bonds is 7. The maximum absolute atomic E-state index is 12.9. The van der Waals surface area contributed by atoms with Gasteiger partial charge in [-0.05, 0) is 42.5 Å². The number of nitrogens with zero attached hydrogens (tertiary/aromatic N) is 1. The van der Waals surface area contributed by atoms with Crippen molar-refractivity contribution in [3.63, 3.8) is 0 Å². The molecule has 1 N–H and O–H groups in total. The molecule has 136 valence electrons. The molecule has 2 aromatic rings. The number of nitrogens with one attached hydrogen (secondary N) is 1. The molecule has 0 aliphatic carbocycles. The summed E-state index contributed by atoms with van der Waals surface area (Å²) < 4.78 is 12.9. The van der Waals surface area contributed by atoms with Gasteiger partial charge in [0.15, 0.2) is 0 Å². The highest BCUT2D eigenvalue weighted by molar-refractivity contribution is 5.87. The summed E-state index contributed by atoms with van der Waals surface area (Å²) in [4.78, 5) is 4.66. The fraction of sp³-hybridized carbons (Fsp3) is 0.304. The third kappa shape index (κ3) is 4.34. The van der Waals surface area contributed by atoms with Crippen LogP contribution in [0.3, 0.4) is 0 Å². The van der Waals surface area contributed by atoms with Gasteiger partial charge in [-0.15, -0.1) is 0 Å². The molecule has 0 saturated heterocycles. The molecule has 0 spiro atoms. The van der Waals surface area contributed by atoms with Crippen LogP contribution in [0, 0.1) is 5.41 Å². The van der Waals surface area contributed by atoms with Crippen LogP contribution >= 0.6 is 0 Å². The molecule has 0 saturated carbocycles. The van der Waals surface area contributed by atoms with Crippen LogP contribution in [0.25, 0.3) is 16.8 Å². The van der Waals surface area contributed by atoms with Crippen molar-refractivity contribution in [3.8, 4) is 11.3 Å². The van der Waals surface area contributed by atoms with Gasteiger partial charge < -0.3 is 5.41 Å². The Morgan fingerprint density at radius 2 is 1.81 bits per heavy atom. The third-order valence-corrected chi connectivity index (χ3v) is 4.65. The lowest BCUT2D eigenvalue weighted by Crippen LogP contribution is -2.00. The third-order valence-electron chi connectivity index (χ3n) is 4.65. The Labute approximate surface area is 156 Å². The maximum Gasteiger partial charge on any atom is 0.0934 e. The van der Waals surface area contributed by atoms with Crippen molar-refractivity contribution in [2.45, 2.75) is 40.0 Å². The number of benzene rings is 1. The minimum absolute atomic E-state index is 0.330. The standard InChI is InChI=1S/C23H27FN2/c1-15(2)18-6-8-19(9-7-18)22-11-10-21(23(14-25)26-22)17(5)20(12-13-24)16(3)4/h6-11,14-15,25H,3,12-13H2,1-2,4-5H3/b20-17+,25-14?. The minimum atomic E-state index is -0.423. The van der Waals surface area contributed by atoms with Crippen molar-refractivity contribution in [1.29, 1.82) is 5.41 Å². The molecule has 0 radical (unpaired) electrons. The van der Waals surface area contributed by atoms with E-state index in [-0.39, 0.29) is 0 Å². The average Bonchev–Trinajstić information content (AvgIpc) is 2.64. The van der Waals surface area contributed by atoms with E-state index in [2.05, 4.69) is 49.7 Å². The summed E-state index contributed by atoms with van der Waals surface area (Å²) in [6.45, 7) is 11.7. The molecule has 0 atom stereocenters. The van der Waals surface area contributed by atoms with Crippen LogP contribution in [0.5, 0.6) is 0 Å². The van der Waals surface area contributed by atoms with Crippen LogP contribution in [0.2, 0.25) is 0 Å². The molecule has 0 bridgehead atoms. The summed E-state index contributed by atoms with van der Waals surface area (Å²) in [6.07, 6.45) is 1.59. The Morgan fingerprint density at radius 3 is 2.31 bits per heavy atom. The Balaban J connectivity index is 2.49. The number of hydrogen-bond acceptors (Lipinski definition) is 2. The Bertz CT molecular complexity index is 830. The maximum atomic E-state index is 12.9. The van der Waals surface area contributed by atoms with Gasteiger partial charge >= 0.3 is 0 Å². The van der Waals surface area contributed by atoms with Gasteiger partial charge in [-0.1, -0.05) is 56.3 Å². The van der Waals surface area contributed by atoms with Gasteiger partial charge in [-0.3, -0.25) is 4.39 Å². The molecule has 26 heavy (non-hydrogen) atoms. The average molecular weight is 350 g/mol. The van der Waals surface area contributed by atoms with Gasteiger partial charge in [0.1, 0.15) is 0 Å². The summed E-state index contributed by atoms with van der Waals surface area (Å²) in [5.41, 5.74) is 7.26. The monoisotopic (exact) mass is 350 g/mol. The lowest BCUT2D eigenvalue weighted by atomic mass is 9.93. The minimum Gasteiger partial charge on any atom is -0.306 e. The van der Waals surface area contributed by atoms with E-state index in [1.54, 1.807) is 0 Å². The van der Waals surface area contributed by atoms with Crippen molar-refractivity contribution in [3.05, 3.63) is 70.9 Å². The van der Waals surface area contributed by atoms with Gasteiger partial charge in [-0.25, -0.2) is 4.98 Å². The van der Waals surface area contributed by atoms with E-state index in [9.17, 15) is 4.39 Å². The molecule has 0 fully saturated rings. The SMILES string of the molecule is C=C(C)/C(CCF)=C(\C)c1ccc(-c2ccc(C(C)C)cc2)nc1C=N. The first-order valence-electron chi connectivity index (χ1n) is 8.92. The molecule has 0 aliphatic heterocycles. The zero-order valence-corrected chi connectivity index (χ0v) is 16.1. The van der Waals surface area contributed by atoms with Crippen LogP contribution in [0.1, 0.15) is 56.9 Å². The van der Waals surface area contributed by atoms with Gasteiger partial charge in [0, 0.05) is 23.8 Å². The zero-order valence-electron chi connectivity index (χ0n) is 16.1. The quantitative estimate of drug-likeness (QED) is 0.444. The second-order valence-electron chi connectivity index (χ2n) is 6.87. The molecule has 2 rings (SSSR count). The van der Waals surface area contributed by atoms with E-state index in [4.69, 9.17) is 5.41 Å². The highest BCUT2D eigenvalue weighted by Crippen LogP contribution is 2.29. The molecule has 1 aromatic heterocycles. The van der Waals surface area contributed by atoms with Gasteiger partial charge in [0.05, 0.1) is 18.1 Å². The highest BCUT2D eigenvalue weighted by Gasteiger charge is 2.12. The lowest BCUT2D eigenvalue weighted by Gasteiger charge is -2.14. The van der Waals surface area contributed by atoms with E-state index >= 15 is 0 Å². The van der Waals surface area contributed by atoms with Crippen LogP contribution in [0.4, 0.5) is 4.39 Å². The van der Waals surface area contributed by atoms with Gasteiger partial charge in [0.2, 0.25) is 0 Å². The molecule has 0 amide bonds. The van der Waals surface area contributed by atoms with E-state index in [1.165, 1.54) is 11.8 Å². The molecule has 0 aliphatic rings. The number of aromatic nitrogens is 1. The fourth-order valence-electron chi connectivity index (χ4n) is 3.08. The predicted molar refractivity (Wildman–Crippen MR) is 110 cm³/mol. The second-order valence-corrected chi connectivity index (χ2v) is 6.87. The topological polar surface area (TPSA) is 36.7 Å². The first kappa shape index (κ1) is 19.8. The summed E-state index contributed by atoms with van der Waals surface area (Å²) in [5, 5.41) is 7.77. The van der Waals surface area contributed by atoms with Crippen molar-refractivity contribution in [2.24, 2.45) is 0 Å². The summed E-state index contributed by atoms with van der Waals surface area (Å²) >= 11 is 0. The largest absolute Gasteiger partial charge is 0.306 e. The smallest absolute Gasteiger partial charge is 0.0934 e.